The average Bonchev–Trinajstić information content (AvgIpc) is 2.34. The Hall–Kier alpha value is -1.26. The Morgan fingerprint density at radius 2 is 1.64 bits per heavy atom. The second-order valence-electron chi connectivity index (χ2n) is 7.61. The van der Waals surface area contributed by atoms with Gasteiger partial charge in [0.05, 0.1) is 5.54 Å². The lowest BCUT2D eigenvalue weighted by Crippen LogP contribution is -2.58. The predicted octanol–water partition coefficient (Wildman–Crippen LogP) is 3.48. The highest BCUT2D eigenvalue weighted by molar-refractivity contribution is 5.79. The minimum absolute atomic E-state index is 0.0235. The molecule has 0 heterocycles. The summed E-state index contributed by atoms with van der Waals surface area (Å²) >= 11 is 0. The Labute approximate surface area is 135 Å². The minimum atomic E-state index is -0.531. The van der Waals surface area contributed by atoms with Gasteiger partial charge in [0.25, 0.3) is 0 Å². The number of ether oxygens (including phenoxy) is 1. The zero-order valence-corrected chi connectivity index (χ0v) is 15.5. The molecule has 22 heavy (non-hydrogen) atoms. The fourth-order valence-corrected chi connectivity index (χ4v) is 1.93. The third kappa shape index (κ3) is 7.66. The molecule has 0 aliphatic heterocycles. The molecule has 2 unspecified atom stereocenters. The van der Waals surface area contributed by atoms with Gasteiger partial charge in [-0.3, -0.25) is 4.79 Å². The Bertz CT molecular complexity index is 375. The van der Waals surface area contributed by atoms with Crippen molar-refractivity contribution in [3.8, 4) is 0 Å². The highest BCUT2D eigenvalue weighted by atomic mass is 16.6. The monoisotopic (exact) mass is 314 g/mol. The van der Waals surface area contributed by atoms with Gasteiger partial charge >= 0.3 is 6.09 Å². The van der Waals surface area contributed by atoms with Crippen LogP contribution in [0.1, 0.15) is 68.2 Å². The number of carbonyl (C=O) groups excluding carboxylic acids is 2. The van der Waals surface area contributed by atoms with Crippen LogP contribution >= 0.6 is 0 Å². The Balaban J connectivity index is 4.69. The molecular formula is C17H34N2O3. The van der Waals surface area contributed by atoms with Gasteiger partial charge in [0.2, 0.25) is 5.91 Å². The summed E-state index contributed by atoms with van der Waals surface area (Å²) in [6.07, 6.45) is 1.37. The molecule has 0 aliphatic rings. The van der Waals surface area contributed by atoms with E-state index >= 15 is 0 Å². The molecule has 5 heteroatoms. The van der Waals surface area contributed by atoms with Crippen LogP contribution in [0.25, 0.3) is 0 Å². The molecule has 0 saturated carbocycles. The molecule has 0 aromatic rings. The Morgan fingerprint density at radius 3 is 2.05 bits per heavy atom. The summed E-state index contributed by atoms with van der Waals surface area (Å²) in [6, 6.07) is 0. The van der Waals surface area contributed by atoms with E-state index in [1.54, 1.807) is 0 Å². The van der Waals surface area contributed by atoms with Crippen molar-refractivity contribution in [3.05, 3.63) is 0 Å². The maximum atomic E-state index is 12.3. The molecule has 0 aromatic heterocycles. The summed E-state index contributed by atoms with van der Waals surface area (Å²) in [6.45, 7) is 15.8. The zero-order valence-electron chi connectivity index (χ0n) is 15.5. The number of amides is 2. The fraction of sp³-hybridized carbons (Fsp3) is 0.882. The molecule has 0 saturated heterocycles. The first kappa shape index (κ1) is 20.7. The number of hydrogen-bond acceptors (Lipinski definition) is 3. The SMILES string of the molecule is CCCC(C)C(=O)NC(C)(CNC(=O)OC(C)(C)C)C(C)C. The highest BCUT2D eigenvalue weighted by Gasteiger charge is 2.32. The summed E-state index contributed by atoms with van der Waals surface area (Å²) in [7, 11) is 0. The van der Waals surface area contributed by atoms with E-state index in [0.717, 1.165) is 12.8 Å². The maximum absolute atomic E-state index is 12.3. The van der Waals surface area contributed by atoms with E-state index in [9.17, 15) is 9.59 Å². The molecule has 0 rings (SSSR count). The van der Waals surface area contributed by atoms with Crippen molar-refractivity contribution in [1.29, 1.82) is 0 Å². The van der Waals surface area contributed by atoms with E-state index < -0.39 is 17.2 Å². The normalized spacial score (nSPS) is 15.9. The molecule has 0 bridgehead atoms. The van der Waals surface area contributed by atoms with Crippen LogP contribution in [0, 0.1) is 11.8 Å². The van der Waals surface area contributed by atoms with E-state index in [0.29, 0.717) is 6.54 Å². The number of rotatable bonds is 7. The van der Waals surface area contributed by atoms with Crippen molar-refractivity contribution < 1.29 is 14.3 Å². The van der Waals surface area contributed by atoms with E-state index in [1.807, 2.05) is 48.5 Å². The van der Waals surface area contributed by atoms with Gasteiger partial charge in [-0.2, -0.15) is 0 Å². The van der Waals surface area contributed by atoms with E-state index in [4.69, 9.17) is 4.74 Å². The molecule has 0 aliphatic carbocycles. The number of carbonyl (C=O) groups is 2. The lowest BCUT2D eigenvalue weighted by molar-refractivity contribution is -0.127. The molecule has 2 atom stereocenters. The van der Waals surface area contributed by atoms with Crippen LogP contribution in [0.5, 0.6) is 0 Å². The lowest BCUT2D eigenvalue weighted by Gasteiger charge is -2.36. The Morgan fingerprint density at radius 1 is 1.09 bits per heavy atom. The van der Waals surface area contributed by atoms with E-state index in [-0.39, 0.29) is 17.7 Å². The van der Waals surface area contributed by atoms with Gasteiger partial charge in [0.15, 0.2) is 0 Å². The van der Waals surface area contributed by atoms with Gasteiger partial charge in [0, 0.05) is 12.5 Å². The largest absolute Gasteiger partial charge is 0.444 e. The molecule has 0 radical (unpaired) electrons. The molecule has 2 amide bonds. The quantitative estimate of drug-likeness (QED) is 0.756. The number of alkyl carbamates (subject to hydrolysis) is 1. The van der Waals surface area contributed by atoms with Crippen LogP contribution in [0.4, 0.5) is 4.79 Å². The topological polar surface area (TPSA) is 67.4 Å². The van der Waals surface area contributed by atoms with Crippen molar-refractivity contribution >= 4 is 12.0 Å². The second-order valence-corrected chi connectivity index (χ2v) is 7.61. The smallest absolute Gasteiger partial charge is 0.407 e. The van der Waals surface area contributed by atoms with Crippen molar-refractivity contribution in [2.45, 2.75) is 79.4 Å². The van der Waals surface area contributed by atoms with Crippen molar-refractivity contribution in [2.75, 3.05) is 6.54 Å². The molecule has 2 N–H and O–H groups in total. The standard InChI is InChI=1S/C17H34N2O3/c1-9-10-13(4)14(20)19-17(8,12(2)3)11-18-15(21)22-16(5,6)7/h12-13H,9-11H2,1-8H3,(H,18,21)(H,19,20). The molecule has 0 fully saturated rings. The molecular weight excluding hydrogens is 280 g/mol. The first-order chi connectivity index (χ1) is 9.91. The highest BCUT2D eigenvalue weighted by Crippen LogP contribution is 2.18. The van der Waals surface area contributed by atoms with Crippen molar-refractivity contribution in [2.24, 2.45) is 11.8 Å². The first-order valence-corrected chi connectivity index (χ1v) is 8.20. The molecule has 0 aromatic carbocycles. The molecule has 130 valence electrons. The predicted molar refractivity (Wildman–Crippen MR) is 89.7 cm³/mol. The maximum Gasteiger partial charge on any atom is 0.407 e. The van der Waals surface area contributed by atoms with Crippen LogP contribution in [0.15, 0.2) is 0 Å². The van der Waals surface area contributed by atoms with Gasteiger partial charge < -0.3 is 15.4 Å². The summed E-state index contributed by atoms with van der Waals surface area (Å²) in [5.74, 6) is 0.189. The van der Waals surface area contributed by atoms with Crippen molar-refractivity contribution in [3.63, 3.8) is 0 Å². The molecule has 0 spiro atoms. The van der Waals surface area contributed by atoms with Crippen LogP contribution in [0.2, 0.25) is 0 Å². The Kier molecular flexibility index (Phi) is 7.91. The van der Waals surface area contributed by atoms with Crippen LogP contribution < -0.4 is 10.6 Å². The van der Waals surface area contributed by atoms with Crippen LogP contribution in [0.3, 0.4) is 0 Å². The lowest BCUT2D eigenvalue weighted by atomic mass is 9.87. The fourth-order valence-electron chi connectivity index (χ4n) is 1.93. The minimum Gasteiger partial charge on any atom is -0.444 e. The third-order valence-electron chi connectivity index (χ3n) is 3.85. The average molecular weight is 314 g/mol. The summed E-state index contributed by atoms with van der Waals surface area (Å²) in [5, 5.41) is 5.85. The summed E-state index contributed by atoms with van der Waals surface area (Å²) in [5.41, 5.74) is -1.03. The number of nitrogens with one attached hydrogen (secondary N) is 2. The van der Waals surface area contributed by atoms with E-state index in [2.05, 4.69) is 17.6 Å². The zero-order chi connectivity index (χ0) is 17.6. The third-order valence-corrected chi connectivity index (χ3v) is 3.85. The van der Waals surface area contributed by atoms with Gasteiger partial charge in [-0.15, -0.1) is 0 Å². The van der Waals surface area contributed by atoms with E-state index in [1.165, 1.54) is 0 Å². The number of hydrogen-bond donors (Lipinski definition) is 2. The van der Waals surface area contributed by atoms with Gasteiger partial charge in [0.1, 0.15) is 5.60 Å². The first-order valence-electron chi connectivity index (χ1n) is 8.20. The van der Waals surface area contributed by atoms with Crippen LogP contribution in [-0.2, 0) is 9.53 Å². The van der Waals surface area contributed by atoms with Crippen molar-refractivity contribution in [1.82, 2.24) is 10.6 Å². The molecule has 5 nitrogen and oxygen atoms in total. The van der Waals surface area contributed by atoms with Gasteiger partial charge in [-0.25, -0.2) is 4.79 Å². The van der Waals surface area contributed by atoms with Crippen LogP contribution in [-0.4, -0.2) is 29.7 Å². The second kappa shape index (κ2) is 8.39. The van der Waals surface area contributed by atoms with Gasteiger partial charge in [-0.1, -0.05) is 34.1 Å². The van der Waals surface area contributed by atoms with Gasteiger partial charge in [-0.05, 0) is 40.0 Å². The summed E-state index contributed by atoms with van der Waals surface area (Å²) < 4.78 is 5.24. The summed E-state index contributed by atoms with van der Waals surface area (Å²) in [4.78, 5) is 24.1.